The molecule has 0 bridgehead atoms. The molecule has 0 amide bonds. The summed E-state index contributed by atoms with van der Waals surface area (Å²) >= 11 is 0. The minimum atomic E-state index is -1.83. The fraction of sp³-hybridized carbons (Fsp3) is 0.667. The van der Waals surface area contributed by atoms with E-state index in [1.807, 2.05) is 0 Å². The summed E-state index contributed by atoms with van der Waals surface area (Å²) in [6.07, 6.45) is 0.449. The summed E-state index contributed by atoms with van der Waals surface area (Å²) in [4.78, 5) is 16.3. The summed E-state index contributed by atoms with van der Waals surface area (Å²) in [6, 6.07) is 1.80. The highest BCUT2D eigenvalue weighted by molar-refractivity contribution is 7.45. The van der Waals surface area contributed by atoms with Crippen LogP contribution in [0.5, 0.6) is 0 Å². The van der Waals surface area contributed by atoms with E-state index >= 15 is 0 Å². The van der Waals surface area contributed by atoms with E-state index in [-0.39, 0.29) is 12.6 Å². The first kappa shape index (κ1) is 6.84. The fourth-order valence-corrected chi connectivity index (χ4v) is 0.450. The van der Waals surface area contributed by atoms with Gasteiger partial charge in [0.2, 0.25) is 0 Å². The Hall–Kier alpha value is -0.160. The Kier molecular flexibility index (Phi) is 3.92. The second kappa shape index (κ2) is 4.01. The largest absolute Gasteiger partial charge is 0.350 e. The third-order valence-corrected chi connectivity index (χ3v) is 1.05. The Morgan fingerprint density at radius 2 is 2.14 bits per heavy atom. The number of rotatable bonds is 2. The lowest BCUT2D eigenvalue weighted by molar-refractivity contribution is 0.483. The van der Waals surface area contributed by atoms with Gasteiger partial charge in [-0.1, -0.05) is 0 Å². The number of hydrogen-bond donors (Lipinski definition) is 2. The molecular weight excluding hydrogens is 113 g/mol. The number of nitriles is 1. The van der Waals surface area contributed by atoms with Crippen LogP contribution in [0.2, 0.25) is 0 Å². The maximum Gasteiger partial charge on any atom is 0.165 e. The Morgan fingerprint density at radius 1 is 1.57 bits per heavy atom. The number of hydrogen-bond acceptors (Lipinski definition) is 3. The van der Waals surface area contributed by atoms with Crippen molar-refractivity contribution in [1.82, 2.24) is 0 Å². The van der Waals surface area contributed by atoms with Gasteiger partial charge in [-0.25, -0.2) is 0 Å². The Labute approximate surface area is 43.1 Å². The first-order valence-electron chi connectivity index (χ1n) is 1.79. The third-order valence-electron chi connectivity index (χ3n) is 0.424. The van der Waals surface area contributed by atoms with Crippen molar-refractivity contribution in [2.24, 2.45) is 0 Å². The molecule has 40 valence electrons. The van der Waals surface area contributed by atoms with E-state index in [0.29, 0.717) is 0 Å². The van der Waals surface area contributed by atoms with E-state index in [2.05, 4.69) is 0 Å². The van der Waals surface area contributed by atoms with E-state index in [0.717, 1.165) is 0 Å². The fourth-order valence-electron chi connectivity index (χ4n) is 0.150. The van der Waals surface area contributed by atoms with Crippen molar-refractivity contribution < 1.29 is 9.79 Å². The lowest BCUT2D eigenvalue weighted by Gasteiger charge is -1.92. The van der Waals surface area contributed by atoms with E-state index in [1.54, 1.807) is 6.07 Å². The molecule has 0 unspecified atom stereocenters. The second-order valence-corrected chi connectivity index (χ2v) is 2.20. The van der Waals surface area contributed by atoms with Crippen LogP contribution < -0.4 is 0 Å². The predicted octanol–water partition coefficient (Wildman–Crippen LogP) is 0.197. The maximum atomic E-state index is 8.15. The molecule has 4 heteroatoms. The molecule has 0 spiro atoms. The van der Waals surface area contributed by atoms with Crippen molar-refractivity contribution >= 4 is 8.38 Å². The summed E-state index contributed by atoms with van der Waals surface area (Å²) in [5.41, 5.74) is 0. The van der Waals surface area contributed by atoms with Gasteiger partial charge < -0.3 is 9.79 Å². The topological polar surface area (TPSA) is 64.2 Å². The second-order valence-electron chi connectivity index (χ2n) is 1.00. The lowest BCUT2D eigenvalue weighted by atomic mass is 10.6. The summed E-state index contributed by atoms with van der Waals surface area (Å²) in [5, 5.41) is 7.85. The zero-order valence-corrected chi connectivity index (χ0v) is 4.60. The molecule has 0 aliphatic rings. The highest BCUT2D eigenvalue weighted by Gasteiger charge is 1.93. The zero-order chi connectivity index (χ0) is 5.70. The van der Waals surface area contributed by atoms with Gasteiger partial charge >= 0.3 is 0 Å². The van der Waals surface area contributed by atoms with Gasteiger partial charge in [0, 0.05) is 12.6 Å². The van der Waals surface area contributed by atoms with Gasteiger partial charge in [0.15, 0.2) is 8.38 Å². The van der Waals surface area contributed by atoms with Crippen molar-refractivity contribution in [3.05, 3.63) is 0 Å². The van der Waals surface area contributed by atoms with Gasteiger partial charge in [-0.15, -0.1) is 0 Å². The van der Waals surface area contributed by atoms with Crippen molar-refractivity contribution in [3.8, 4) is 6.07 Å². The molecular formula is C3H6NO2P. The normalized spacial score (nSPS) is 8.86. The highest BCUT2D eigenvalue weighted by atomic mass is 31.2. The van der Waals surface area contributed by atoms with E-state index in [9.17, 15) is 0 Å². The van der Waals surface area contributed by atoms with Gasteiger partial charge in [0.05, 0.1) is 6.07 Å². The first-order chi connectivity index (χ1) is 3.27. The van der Waals surface area contributed by atoms with Crippen LogP contribution in [0.15, 0.2) is 0 Å². The van der Waals surface area contributed by atoms with Crippen LogP contribution in [0.1, 0.15) is 6.42 Å². The Morgan fingerprint density at radius 3 is 2.29 bits per heavy atom. The molecule has 7 heavy (non-hydrogen) atoms. The van der Waals surface area contributed by atoms with Crippen molar-refractivity contribution in [3.63, 3.8) is 0 Å². The van der Waals surface area contributed by atoms with E-state index in [4.69, 9.17) is 15.0 Å². The SMILES string of the molecule is N#CCCP(O)O. The molecule has 0 aliphatic heterocycles. The van der Waals surface area contributed by atoms with Crippen LogP contribution in [-0.2, 0) is 0 Å². The molecule has 2 N–H and O–H groups in total. The molecule has 0 atom stereocenters. The maximum absolute atomic E-state index is 8.15. The van der Waals surface area contributed by atoms with Crippen LogP contribution in [0.4, 0.5) is 0 Å². The molecule has 0 aromatic carbocycles. The van der Waals surface area contributed by atoms with E-state index in [1.165, 1.54) is 0 Å². The third kappa shape index (κ3) is 5.84. The zero-order valence-electron chi connectivity index (χ0n) is 3.70. The highest BCUT2D eigenvalue weighted by Crippen LogP contribution is 2.22. The van der Waals surface area contributed by atoms with Gasteiger partial charge in [0.25, 0.3) is 0 Å². The minimum Gasteiger partial charge on any atom is -0.350 e. The average Bonchev–Trinajstić information content (AvgIpc) is 1.61. The smallest absolute Gasteiger partial charge is 0.165 e. The van der Waals surface area contributed by atoms with Crippen LogP contribution in [0.3, 0.4) is 0 Å². The van der Waals surface area contributed by atoms with E-state index < -0.39 is 8.38 Å². The van der Waals surface area contributed by atoms with Crippen LogP contribution in [-0.4, -0.2) is 15.9 Å². The van der Waals surface area contributed by atoms with Crippen molar-refractivity contribution in [1.29, 1.82) is 5.26 Å². The molecule has 3 nitrogen and oxygen atoms in total. The molecule has 0 saturated carbocycles. The standard InChI is InChI=1S/C3H6NO2P/c4-2-1-3-7(5)6/h5-6H,1,3H2. The van der Waals surface area contributed by atoms with Crippen molar-refractivity contribution in [2.75, 3.05) is 6.16 Å². The van der Waals surface area contributed by atoms with Gasteiger partial charge in [-0.05, 0) is 0 Å². The predicted molar refractivity (Wildman–Crippen MR) is 26.5 cm³/mol. The first-order valence-corrected chi connectivity index (χ1v) is 3.23. The molecule has 0 fully saturated rings. The Bertz CT molecular complexity index is 77.5. The molecule has 0 saturated heterocycles. The van der Waals surface area contributed by atoms with Gasteiger partial charge in [-0.3, -0.25) is 0 Å². The Balaban J connectivity index is 2.86. The summed E-state index contributed by atoms with van der Waals surface area (Å²) in [5.74, 6) is 0. The molecule has 0 aliphatic carbocycles. The summed E-state index contributed by atoms with van der Waals surface area (Å²) < 4.78 is 0. The quantitative estimate of drug-likeness (QED) is 0.510. The number of nitrogens with zero attached hydrogens (tertiary/aromatic N) is 1. The summed E-state index contributed by atoms with van der Waals surface area (Å²) in [6.45, 7) is 0. The van der Waals surface area contributed by atoms with Crippen molar-refractivity contribution in [2.45, 2.75) is 6.42 Å². The van der Waals surface area contributed by atoms with Crippen LogP contribution >= 0.6 is 8.38 Å². The minimum absolute atomic E-state index is 0.214. The molecule has 0 aromatic heterocycles. The van der Waals surface area contributed by atoms with Crippen LogP contribution in [0.25, 0.3) is 0 Å². The summed E-state index contributed by atoms with van der Waals surface area (Å²) in [7, 11) is -1.83. The van der Waals surface area contributed by atoms with Crippen LogP contribution in [0, 0.1) is 11.3 Å². The molecule has 0 aromatic rings. The van der Waals surface area contributed by atoms with Gasteiger partial charge in [-0.2, -0.15) is 5.26 Å². The molecule has 0 radical (unpaired) electrons. The molecule has 0 heterocycles. The molecule has 0 rings (SSSR count). The van der Waals surface area contributed by atoms with Gasteiger partial charge in [0.1, 0.15) is 0 Å². The average molecular weight is 119 g/mol. The monoisotopic (exact) mass is 119 g/mol. The lowest BCUT2D eigenvalue weighted by Crippen LogP contribution is -1.77.